The Kier molecular flexibility index (Phi) is 5.03. The molecule has 1 fully saturated rings. The highest BCUT2D eigenvalue weighted by Crippen LogP contribution is 2.36. The van der Waals surface area contributed by atoms with Gasteiger partial charge in [0.2, 0.25) is 5.91 Å². The highest BCUT2D eigenvalue weighted by molar-refractivity contribution is 6.10. The molecular weight excluding hydrogens is 393 g/mol. The molecule has 2 aromatic rings. The molecule has 156 valence electrons. The molecule has 2 N–H and O–H groups in total. The van der Waals surface area contributed by atoms with Crippen molar-refractivity contribution in [2.24, 2.45) is 0 Å². The summed E-state index contributed by atoms with van der Waals surface area (Å²) >= 11 is 0. The zero-order valence-corrected chi connectivity index (χ0v) is 16.2. The number of rotatable bonds is 4. The summed E-state index contributed by atoms with van der Waals surface area (Å²) in [6, 6.07) is 9.56. The molecule has 0 spiro atoms. The molecule has 0 bridgehead atoms. The van der Waals surface area contributed by atoms with Crippen LogP contribution in [0.2, 0.25) is 0 Å². The van der Waals surface area contributed by atoms with E-state index in [0.717, 1.165) is 11.3 Å². The minimum atomic E-state index is -1.35. The maximum Gasteiger partial charge on any atom is 0.325 e. The van der Waals surface area contributed by atoms with E-state index in [4.69, 9.17) is 9.47 Å². The molecule has 1 atom stereocenters. The monoisotopic (exact) mass is 413 g/mol. The number of carbonyl (C=O) groups is 3. The predicted molar refractivity (Wildman–Crippen MR) is 105 cm³/mol. The largest absolute Gasteiger partial charge is 0.490 e. The summed E-state index contributed by atoms with van der Waals surface area (Å²) in [6.07, 6.45) is 0.744. The van der Waals surface area contributed by atoms with Gasteiger partial charge in [-0.1, -0.05) is 6.07 Å². The highest BCUT2D eigenvalue weighted by atomic mass is 19.1. The number of halogens is 1. The van der Waals surface area contributed by atoms with Crippen molar-refractivity contribution in [2.45, 2.75) is 18.9 Å². The Morgan fingerprint density at radius 1 is 1.13 bits per heavy atom. The van der Waals surface area contributed by atoms with Gasteiger partial charge in [0.05, 0.1) is 13.2 Å². The third-order valence-electron chi connectivity index (χ3n) is 5.03. The number of amides is 4. The Morgan fingerprint density at radius 2 is 1.83 bits per heavy atom. The van der Waals surface area contributed by atoms with Crippen LogP contribution in [0.5, 0.6) is 11.5 Å². The van der Waals surface area contributed by atoms with E-state index < -0.39 is 35.7 Å². The molecule has 8 nitrogen and oxygen atoms in total. The van der Waals surface area contributed by atoms with Gasteiger partial charge in [-0.25, -0.2) is 9.18 Å². The fraction of sp³-hybridized carbons (Fsp3) is 0.286. The molecular formula is C21H20FN3O5. The summed E-state index contributed by atoms with van der Waals surface area (Å²) in [5.41, 5.74) is -0.469. The first-order valence-corrected chi connectivity index (χ1v) is 9.46. The molecule has 30 heavy (non-hydrogen) atoms. The minimum absolute atomic E-state index is 0.360. The standard InChI is InChI=1S/C21H20FN3O5/c1-21(13-3-8-16-17(11-13)30-10-2-9-29-16)19(27)25(20(28)24-21)12-18(26)23-15-6-4-14(22)5-7-15/h3-8,11H,2,9-10,12H2,1H3,(H,23,26)(H,24,28)/t21-/m1/s1. The lowest BCUT2D eigenvalue weighted by molar-refractivity contribution is -0.133. The molecule has 2 aliphatic rings. The van der Waals surface area contributed by atoms with Crippen LogP contribution in [0.1, 0.15) is 18.9 Å². The molecule has 9 heteroatoms. The molecule has 2 aromatic carbocycles. The number of urea groups is 1. The molecule has 2 aliphatic heterocycles. The van der Waals surface area contributed by atoms with E-state index in [9.17, 15) is 18.8 Å². The molecule has 1 saturated heterocycles. The smallest absolute Gasteiger partial charge is 0.325 e. The fourth-order valence-electron chi connectivity index (χ4n) is 3.39. The van der Waals surface area contributed by atoms with Gasteiger partial charge in [0.15, 0.2) is 11.5 Å². The van der Waals surface area contributed by atoms with Crippen molar-refractivity contribution in [3.05, 3.63) is 53.8 Å². The average molecular weight is 413 g/mol. The van der Waals surface area contributed by atoms with E-state index in [0.29, 0.717) is 36.0 Å². The van der Waals surface area contributed by atoms with Crippen LogP contribution in [0.15, 0.2) is 42.5 Å². The first kappa shape index (κ1) is 19.7. The number of benzene rings is 2. The second-order valence-corrected chi connectivity index (χ2v) is 7.21. The van der Waals surface area contributed by atoms with Crippen molar-refractivity contribution in [2.75, 3.05) is 25.1 Å². The number of imide groups is 1. The van der Waals surface area contributed by atoms with Crippen LogP contribution in [-0.2, 0) is 15.1 Å². The molecule has 0 aliphatic carbocycles. The molecule has 4 amide bonds. The normalized spacial score (nSPS) is 20.5. The summed E-state index contributed by atoms with van der Waals surface area (Å²) in [4.78, 5) is 38.7. The van der Waals surface area contributed by atoms with Crippen molar-refractivity contribution in [3.63, 3.8) is 0 Å². The van der Waals surface area contributed by atoms with Crippen molar-refractivity contribution in [3.8, 4) is 11.5 Å². The quantitative estimate of drug-likeness (QED) is 0.751. The lowest BCUT2D eigenvalue weighted by Crippen LogP contribution is -2.42. The van der Waals surface area contributed by atoms with Gasteiger partial charge in [0.25, 0.3) is 5.91 Å². The summed E-state index contributed by atoms with van der Waals surface area (Å²) < 4.78 is 24.3. The minimum Gasteiger partial charge on any atom is -0.490 e. The van der Waals surface area contributed by atoms with Crippen LogP contribution in [0, 0.1) is 5.82 Å². The molecule has 0 unspecified atom stereocenters. The Bertz CT molecular complexity index is 1010. The zero-order chi connectivity index (χ0) is 21.3. The van der Waals surface area contributed by atoms with E-state index >= 15 is 0 Å². The molecule has 4 rings (SSSR count). The van der Waals surface area contributed by atoms with E-state index in [-0.39, 0.29) is 0 Å². The number of hydrogen-bond donors (Lipinski definition) is 2. The summed E-state index contributed by atoms with van der Waals surface area (Å²) in [5.74, 6) is -0.495. The number of nitrogens with zero attached hydrogens (tertiary/aromatic N) is 1. The van der Waals surface area contributed by atoms with Gasteiger partial charge >= 0.3 is 6.03 Å². The van der Waals surface area contributed by atoms with Gasteiger partial charge in [-0.3, -0.25) is 14.5 Å². The SMILES string of the molecule is C[C@]1(c2ccc3c(c2)OCCCO3)NC(=O)N(CC(=O)Nc2ccc(F)cc2)C1=O. The van der Waals surface area contributed by atoms with Crippen LogP contribution in [0.4, 0.5) is 14.9 Å². The zero-order valence-electron chi connectivity index (χ0n) is 16.2. The Balaban J connectivity index is 1.51. The van der Waals surface area contributed by atoms with E-state index in [2.05, 4.69) is 10.6 Å². The third-order valence-corrected chi connectivity index (χ3v) is 5.03. The summed E-state index contributed by atoms with van der Waals surface area (Å²) in [5, 5.41) is 5.19. The maximum absolute atomic E-state index is 13.0. The first-order chi connectivity index (χ1) is 14.4. The van der Waals surface area contributed by atoms with E-state index in [1.807, 2.05) is 0 Å². The number of hydrogen-bond acceptors (Lipinski definition) is 5. The van der Waals surface area contributed by atoms with Gasteiger partial charge < -0.3 is 20.1 Å². The Morgan fingerprint density at radius 3 is 2.57 bits per heavy atom. The molecule has 0 aromatic heterocycles. The van der Waals surface area contributed by atoms with Gasteiger partial charge in [-0.15, -0.1) is 0 Å². The number of fused-ring (bicyclic) bond motifs is 1. The maximum atomic E-state index is 13.0. The Hall–Kier alpha value is -3.62. The first-order valence-electron chi connectivity index (χ1n) is 9.46. The second kappa shape index (κ2) is 7.66. The number of anilines is 1. The lowest BCUT2D eigenvalue weighted by Gasteiger charge is -2.23. The van der Waals surface area contributed by atoms with Crippen LogP contribution in [0.3, 0.4) is 0 Å². The van der Waals surface area contributed by atoms with E-state index in [1.165, 1.54) is 24.3 Å². The van der Waals surface area contributed by atoms with Gasteiger partial charge in [-0.2, -0.15) is 0 Å². The van der Waals surface area contributed by atoms with Crippen molar-refractivity contribution >= 4 is 23.5 Å². The predicted octanol–water partition coefficient (Wildman–Crippen LogP) is 2.39. The molecule has 2 heterocycles. The van der Waals surface area contributed by atoms with Crippen LogP contribution >= 0.6 is 0 Å². The average Bonchev–Trinajstić information content (AvgIpc) is 2.89. The summed E-state index contributed by atoms with van der Waals surface area (Å²) in [7, 11) is 0. The van der Waals surface area contributed by atoms with Crippen LogP contribution in [-0.4, -0.2) is 42.5 Å². The van der Waals surface area contributed by atoms with Gasteiger partial charge in [0.1, 0.15) is 17.9 Å². The van der Waals surface area contributed by atoms with Gasteiger partial charge in [-0.05, 0) is 48.9 Å². The Labute approximate surface area is 171 Å². The van der Waals surface area contributed by atoms with Gasteiger partial charge in [0, 0.05) is 12.1 Å². The molecule has 0 saturated carbocycles. The summed E-state index contributed by atoms with van der Waals surface area (Å²) in [6.45, 7) is 2.13. The fourth-order valence-corrected chi connectivity index (χ4v) is 3.39. The number of nitrogens with one attached hydrogen (secondary N) is 2. The second-order valence-electron chi connectivity index (χ2n) is 7.21. The van der Waals surface area contributed by atoms with Crippen molar-refractivity contribution in [1.82, 2.24) is 10.2 Å². The topological polar surface area (TPSA) is 97.0 Å². The third kappa shape index (κ3) is 3.66. The van der Waals surface area contributed by atoms with Crippen molar-refractivity contribution < 1.29 is 28.2 Å². The van der Waals surface area contributed by atoms with E-state index in [1.54, 1.807) is 25.1 Å². The van der Waals surface area contributed by atoms with Crippen LogP contribution < -0.4 is 20.1 Å². The molecule has 0 radical (unpaired) electrons. The van der Waals surface area contributed by atoms with Crippen LogP contribution in [0.25, 0.3) is 0 Å². The lowest BCUT2D eigenvalue weighted by atomic mass is 9.91. The number of ether oxygens (including phenoxy) is 2. The number of carbonyl (C=O) groups excluding carboxylic acids is 3. The van der Waals surface area contributed by atoms with Crippen molar-refractivity contribution in [1.29, 1.82) is 0 Å². The highest BCUT2D eigenvalue weighted by Gasteiger charge is 2.49.